The minimum Gasteiger partial charge on any atom is -0.337 e. The van der Waals surface area contributed by atoms with Gasteiger partial charge in [0.25, 0.3) is 5.91 Å². The second kappa shape index (κ2) is 5.98. The van der Waals surface area contributed by atoms with Gasteiger partial charge in [0, 0.05) is 24.5 Å². The zero-order valence-electron chi connectivity index (χ0n) is 9.91. The number of nitrogens with zero attached hydrogens (tertiary/aromatic N) is 1. The predicted molar refractivity (Wildman–Crippen MR) is 74.6 cm³/mol. The van der Waals surface area contributed by atoms with Crippen LogP contribution in [-0.4, -0.2) is 36.5 Å². The third-order valence-electron chi connectivity index (χ3n) is 3.09. The van der Waals surface area contributed by atoms with Crippen molar-refractivity contribution < 1.29 is 4.79 Å². The molecule has 0 aromatic carbocycles. The monoisotopic (exact) mass is 316 g/mol. The van der Waals surface area contributed by atoms with E-state index in [4.69, 9.17) is 0 Å². The number of nitrogens with one attached hydrogen (secondary N) is 1. The molecular weight excluding hydrogens is 300 g/mol. The molecule has 1 amide bonds. The van der Waals surface area contributed by atoms with Gasteiger partial charge in [-0.25, -0.2) is 0 Å². The van der Waals surface area contributed by atoms with E-state index in [1.165, 1.54) is 12.8 Å². The first kappa shape index (κ1) is 13.1. The van der Waals surface area contributed by atoms with Gasteiger partial charge in [0.2, 0.25) is 0 Å². The molecule has 17 heavy (non-hydrogen) atoms. The molecule has 0 spiro atoms. The summed E-state index contributed by atoms with van der Waals surface area (Å²) in [5.74, 6) is 0.142. The molecule has 2 rings (SSSR count). The van der Waals surface area contributed by atoms with E-state index in [1.54, 1.807) is 11.3 Å². The Kier molecular flexibility index (Phi) is 4.59. The van der Waals surface area contributed by atoms with Crippen LogP contribution in [0.15, 0.2) is 15.2 Å². The number of halogens is 1. The Hall–Kier alpha value is -0.390. The van der Waals surface area contributed by atoms with Crippen LogP contribution in [0.3, 0.4) is 0 Å². The number of amides is 1. The minimum absolute atomic E-state index is 0.142. The Labute approximate surface area is 114 Å². The highest BCUT2D eigenvalue weighted by Gasteiger charge is 2.21. The SMILES string of the molecule is CCN(CC1CCCN1)C(=O)c1csc(Br)c1. The Morgan fingerprint density at radius 1 is 1.71 bits per heavy atom. The smallest absolute Gasteiger partial charge is 0.254 e. The molecule has 0 bridgehead atoms. The average molecular weight is 317 g/mol. The van der Waals surface area contributed by atoms with Crippen LogP contribution in [0.5, 0.6) is 0 Å². The van der Waals surface area contributed by atoms with Gasteiger partial charge >= 0.3 is 0 Å². The van der Waals surface area contributed by atoms with Gasteiger partial charge in [-0.1, -0.05) is 0 Å². The summed E-state index contributed by atoms with van der Waals surface area (Å²) in [4.78, 5) is 14.2. The lowest BCUT2D eigenvalue weighted by atomic mass is 10.2. The highest BCUT2D eigenvalue weighted by Crippen LogP contribution is 2.22. The molecule has 0 aliphatic carbocycles. The van der Waals surface area contributed by atoms with E-state index >= 15 is 0 Å². The van der Waals surface area contributed by atoms with Crippen LogP contribution in [-0.2, 0) is 0 Å². The zero-order valence-corrected chi connectivity index (χ0v) is 12.3. The van der Waals surface area contributed by atoms with Gasteiger partial charge in [-0.2, -0.15) is 0 Å². The van der Waals surface area contributed by atoms with Crippen molar-refractivity contribution in [2.75, 3.05) is 19.6 Å². The van der Waals surface area contributed by atoms with Crippen molar-refractivity contribution in [3.63, 3.8) is 0 Å². The molecule has 2 heterocycles. The van der Waals surface area contributed by atoms with Crippen molar-refractivity contribution in [1.29, 1.82) is 0 Å². The molecule has 0 saturated carbocycles. The van der Waals surface area contributed by atoms with Crippen LogP contribution in [0.4, 0.5) is 0 Å². The first-order valence-electron chi connectivity index (χ1n) is 5.97. The Balaban J connectivity index is 1.99. The Morgan fingerprint density at radius 2 is 2.53 bits per heavy atom. The number of carbonyl (C=O) groups is 1. The average Bonchev–Trinajstić information content (AvgIpc) is 2.96. The predicted octanol–water partition coefficient (Wildman–Crippen LogP) is 2.72. The lowest BCUT2D eigenvalue weighted by Gasteiger charge is -2.24. The summed E-state index contributed by atoms with van der Waals surface area (Å²) in [6, 6.07) is 2.37. The lowest BCUT2D eigenvalue weighted by molar-refractivity contribution is 0.0752. The molecule has 1 aliphatic rings. The largest absolute Gasteiger partial charge is 0.337 e. The summed E-state index contributed by atoms with van der Waals surface area (Å²) < 4.78 is 1.01. The van der Waals surface area contributed by atoms with Crippen LogP contribution >= 0.6 is 27.3 Å². The van der Waals surface area contributed by atoms with Crippen molar-refractivity contribution in [3.8, 4) is 0 Å². The summed E-state index contributed by atoms with van der Waals surface area (Å²) in [5, 5.41) is 5.35. The summed E-state index contributed by atoms with van der Waals surface area (Å²) >= 11 is 4.95. The maximum absolute atomic E-state index is 12.3. The van der Waals surface area contributed by atoms with Gasteiger partial charge in [0.15, 0.2) is 0 Å². The minimum atomic E-state index is 0.142. The molecule has 1 atom stereocenters. The summed E-state index contributed by atoms with van der Waals surface area (Å²) in [6.45, 7) is 4.71. The van der Waals surface area contributed by atoms with Crippen molar-refractivity contribution >= 4 is 33.2 Å². The van der Waals surface area contributed by atoms with Crippen molar-refractivity contribution in [3.05, 3.63) is 20.8 Å². The summed E-state index contributed by atoms with van der Waals surface area (Å²) in [6.07, 6.45) is 2.40. The molecule has 1 aromatic heterocycles. The summed E-state index contributed by atoms with van der Waals surface area (Å²) in [5.41, 5.74) is 0.793. The number of rotatable bonds is 4. The molecule has 5 heteroatoms. The van der Waals surface area contributed by atoms with Crippen LogP contribution < -0.4 is 5.32 Å². The van der Waals surface area contributed by atoms with Crippen molar-refractivity contribution in [1.82, 2.24) is 10.2 Å². The quantitative estimate of drug-likeness (QED) is 0.926. The zero-order chi connectivity index (χ0) is 12.3. The molecule has 1 saturated heterocycles. The fourth-order valence-electron chi connectivity index (χ4n) is 2.14. The van der Waals surface area contributed by atoms with E-state index in [2.05, 4.69) is 21.2 Å². The number of hydrogen-bond acceptors (Lipinski definition) is 3. The molecular formula is C12H17BrN2OS. The Morgan fingerprint density at radius 3 is 3.06 bits per heavy atom. The highest BCUT2D eigenvalue weighted by atomic mass is 79.9. The van der Waals surface area contributed by atoms with Crippen LogP contribution in [0.1, 0.15) is 30.1 Å². The van der Waals surface area contributed by atoms with Gasteiger partial charge in [-0.3, -0.25) is 4.79 Å². The van der Waals surface area contributed by atoms with Crippen molar-refractivity contribution in [2.24, 2.45) is 0 Å². The van der Waals surface area contributed by atoms with Gasteiger partial charge in [-0.15, -0.1) is 11.3 Å². The summed E-state index contributed by atoms with van der Waals surface area (Å²) in [7, 11) is 0. The maximum atomic E-state index is 12.3. The normalized spacial score (nSPS) is 19.5. The van der Waals surface area contributed by atoms with Gasteiger partial charge in [0.05, 0.1) is 9.35 Å². The van der Waals surface area contributed by atoms with E-state index in [1.807, 2.05) is 23.3 Å². The molecule has 1 aromatic rings. The van der Waals surface area contributed by atoms with E-state index < -0.39 is 0 Å². The van der Waals surface area contributed by atoms with Crippen LogP contribution in [0.25, 0.3) is 0 Å². The van der Waals surface area contributed by atoms with Gasteiger partial charge in [-0.05, 0) is 48.3 Å². The van der Waals surface area contributed by atoms with E-state index in [0.717, 1.165) is 29.0 Å². The second-order valence-corrected chi connectivity index (χ2v) is 6.57. The number of likely N-dealkylation sites (N-methyl/N-ethyl adjacent to an activating group) is 1. The molecule has 94 valence electrons. The molecule has 1 aliphatic heterocycles. The van der Waals surface area contributed by atoms with Gasteiger partial charge in [0.1, 0.15) is 0 Å². The van der Waals surface area contributed by atoms with Crippen molar-refractivity contribution in [2.45, 2.75) is 25.8 Å². The molecule has 1 fully saturated rings. The lowest BCUT2D eigenvalue weighted by Crippen LogP contribution is -2.40. The van der Waals surface area contributed by atoms with Crippen LogP contribution in [0, 0.1) is 0 Å². The first-order valence-corrected chi connectivity index (χ1v) is 7.64. The molecule has 0 radical (unpaired) electrons. The third-order valence-corrected chi connectivity index (χ3v) is 4.59. The third kappa shape index (κ3) is 3.30. The number of thiophene rings is 1. The van der Waals surface area contributed by atoms with E-state index in [0.29, 0.717) is 6.04 Å². The highest BCUT2D eigenvalue weighted by molar-refractivity contribution is 9.11. The number of carbonyl (C=O) groups excluding carboxylic acids is 1. The second-order valence-electron chi connectivity index (χ2n) is 4.28. The standard InChI is InChI=1S/C12H17BrN2OS/c1-2-15(7-10-4-3-5-14-10)12(16)9-6-11(13)17-8-9/h6,8,10,14H,2-5,7H2,1H3. The molecule has 1 N–H and O–H groups in total. The molecule has 3 nitrogen and oxygen atoms in total. The Bertz CT molecular complexity index is 388. The fourth-order valence-corrected chi connectivity index (χ4v) is 3.27. The first-order chi connectivity index (χ1) is 8.20. The van der Waals surface area contributed by atoms with E-state index in [-0.39, 0.29) is 5.91 Å². The van der Waals surface area contributed by atoms with Gasteiger partial charge < -0.3 is 10.2 Å². The fraction of sp³-hybridized carbons (Fsp3) is 0.583. The maximum Gasteiger partial charge on any atom is 0.254 e. The number of hydrogen-bond donors (Lipinski definition) is 1. The van der Waals surface area contributed by atoms with Crippen LogP contribution in [0.2, 0.25) is 0 Å². The topological polar surface area (TPSA) is 32.3 Å². The molecule has 1 unspecified atom stereocenters. The van der Waals surface area contributed by atoms with E-state index in [9.17, 15) is 4.79 Å².